The number of carbonyl (C=O) groups excluding carboxylic acids is 1. The van der Waals surface area contributed by atoms with Gasteiger partial charge in [0.15, 0.2) is 0 Å². The molecule has 142 valence electrons. The van der Waals surface area contributed by atoms with Gasteiger partial charge < -0.3 is 5.32 Å². The van der Waals surface area contributed by atoms with Crippen molar-refractivity contribution >= 4 is 39.2 Å². The largest absolute Gasteiger partial charge is 0.355 e. The van der Waals surface area contributed by atoms with Gasteiger partial charge in [0.2, 0.25) is 5.91 Å². The van der Waals surface area contributed by atoms with Gasteiger partial charge in [-0.3, -0.25) is 4.79 Å². The highest BCUT2D eigenvalue weighted by atomic mass is 32.2. The van der Waals surface area contributed by atoms with Crippen LogP contribution in [0.4, 0.5) is 0 Å². The van der Waals surface area contributed by atoms with Crippen LogP contribution in [-0.4, -0.2) is 27.7 Å². The van der Waals surface area contributed by atoms with Crippen molar-refractivity contribution < 1.29 is 4.79 Å². The fourth-order valence-electron chi connectivity index (χ4n) is 3.05. The molecule has 1 aromatic carbocycles. The Morgan fingerprint density at radius 2 is 1.96 bits per heavy atom. The number of fused-ring (bicyclic) bond motifs is 1. The van der Waals surface area contributed by atoms with E-state index in [0.29, 0.717) is 12.5 Å². The molecule has 1 N–H and O–H groups in total. The van der Waals surface area contributed by atoms with Crippen molar-refractivity contribution in [3.8, 4) is 0 Å². The van der Waals surface area contributed by atoms with E-state index in [4.69, 9.17) is 0 Å². The van der Waals surface area contributed by atoms with Gasteiger partial charge in [0.05, 0.1) is 5.25 Å². The third kappa shape index (κ3) is 4.50. The van der Waals surface area contributed by atoms with Gasteiger partial charge >= 0.3 is 0 Å². The summed E-state index contributed by atoms with van der Waals surface area (Å²) in [6.07, 6.45) is 2.58. The second-order valence-electron chi connectivity index (χ2n) is 6.66. The summed E-state index contributed by atoms with van der Waals surface area (Å²) in [5.41, 5.74) is 2.48. The molecule has 0 aliphatic rings. The molecule has 0 aliphatic heterocycles. The van der Waals surface area contributed by atoms with E-state index in [0.717, 1.165) is 21.7 Å². The highest BCUT2D eigenvalue weighted by Gasteiger charge is 2.20. The molecule has 6 heteroatoms. The van der Waals surface area contributed by atoms with Gasteiger partial charge in [0.25, 0.3) is 0 Å². The Labute approximate surface area is 168 Å². The molecule has 0 radical (unpaired) electrons. The first-order valence-corrected chi connectivity index (χ1v) is 10.9. The molecular weight excluding hydrogens is 374 g/mol. The number of rotatable bonds is 7. The maximum atomic E-state index is 12.7. The Morgan fingerprint density at radius 1 is 1.22 bits per heavy atom. The van der Waals surface area contributed by atoms with Crippen LogP contribution in [0.25, 0.3) is 10.2 Å². The number of nitrogens with one attached hydrogen (secondary N) is 1. The zero-order chi connectivity index (χ0) is 19.4. The molecule has 0 spiro atoms. The standard InChI is InChI=1S/C21H25N3OS2/c1-5-16(17-9-7-6-8-10-17)11-22-19(25)15(4)27-21-18-13(2)14(3)26-20(18)23-12-24-21/h6-10,12,15-16H,5,11H2,1-4H3,(H,22,25)/t15-,16-/m1/s1. The summed E-state index contributed by atoms with van der Waals surface area (Å²) in [4.78, 5) is 23.7. The molecule has 2 aromatic heterocycles. The minimum absolute atomic E-state index is 0.0470. The quantitative estimate of drug-likeness (QED) is 0.444. The number of hydrogen-bond donors (Lipinski definition) is 1. The molecule has 1 amide bonds. The van der Waals surface area contributed by atoms with Crippen LogP contribution in [0.1, 0.15) is 42.2 Å². The van der Waals surface area contributed by atoms with Crippen LogP contribution < -0.4 is 5.32 Å². The average Bonchev–Trinajstić information content (AvgIpc) is 2.97. The highest BCUT2D eigenvalue weighted by Crippen LogP contribution is 2.35. The van der Waals surface area contributed by atoms with Crippen molar-refractivity contribution in [2.75, 3.05) is 6.54 Å². The summed E-state index contributed by atoms with van der Waals surface area (Å²) >= 11 is 3.19. The van der Waals surface area contributed by atoms with Crippen molar-refractivity contribution in [3.63, 3.8) is 0 Å². The predicted octanol–water partition coefficient (Wildman–Crippen LogP) is 5.10. The minimum Gasteiger partial charge on any atom is -0.355 e. The maximum Gasteiger partial charge on any atom is 0.233 e. The van der Waals surface area contributed by atoms with E-state index in [-0.39, 0.29) is 11.2 Å². The number of aryl methyl sites for hydroxylation is 2. The molecule has 0 bridgehead atoms. The van der Waals surface area contributed by atoms with Crippen molar-refractivity contribution in [2.24, 2.45) is 0 Å². The Bertz CT molecular complexity index is 924. The van der Waals surface area contributed by atoms with Gasteiger partial charge in [-0.25, -0.2) is 9.97 Å². The SMILES string of the molecule is CC[C@H](CNC(=O)[C@@H](C)Sc1ncnc2sc(C)c(C)c12)c1ccccc1. The summed E-state index contributed by atoms with van der Waals surface area (Å²) < 4.78 is 0. The number of thiophene rings is 1. The lowest BCUT2D eigenvalue weighted by Crippen LogP contribution is -2.34. The highest BCUT2D eigenvalue weighted by molar-refractivity contribution is 8.00. The number of thioether (sulfide) groups is 1. The van der Waals surface area contributed by atoms with Gasteiger partial charge in [-0.15, -0.1) is 11.3 Å². The fourth-order valence-corrected chi connectivity index (χ4v) is 5.11. The summed E-state index contributed by atoms with van der Waals surface area (Å²) in [5.74, 6) is 0.380. The minimum atomic E-state index is -0.212. The first kappa shape index (κ1) is 19.8. The van der Waals surface area contributed by atoms with Gasteiger partial charge in [0.1, 0.15) is 16.2 Å². The topological polar surface area (TPSA) is 54.9 Å². The van der Waals surface area contributed by atoms with E-state index in [9.17, 15) is 4.79 Å². The molecule has 0 fully saturated rings. The van der Waals surface area contributed by atoms with Crippen LogP contribution in [0.15, 0.2) is 41.7 Å². The third-order valence-corrected chi connectivity index (χ3v) is 7.09. The Balaban J connectivity index is 1.66. The maximum absolute atomic E-state index is 12.7. The molecule has 2 heterocycles. The molecule has 0 saturated heterocycles. The number of nitrogens with zero attached hydrogens (tertiary/aromatic N) is 2. The van der Waals surface area contributed by atoms with Crippen molar-refractivity contribution in [2.45, 2.75) is 50.3 Å². The Hall–Kier alpha value is -1.92. The molecule has 27 heavy (non-hydrogen) atoms. The predicted molar refractivity (Wildman–Crippen MR) is 115 cm³/mol. The molecule has 0 unspecified atom stereocenters. The first-order chi connectivity index (χ1) is 13.0. The van der Waals surface area contributed by atoms with E-state index < -0.39 is 0 Å². The lowest BCUT2D eigenvalue weighted by Gasteiger charge is -2.18. The van der Waals surface area contributed by atoms with Crippen LogP contribution in [0, 0.1) is 13.8 Å². The van der Waals surface area contributed by atoms with Gasteiger partial charge in [0, 0.05) is 22.7 Å². The summed E-state index contributed by atoms with van der Waals surface area (Å²) in [6.45, 7) is 8.94. The molecule has 0 aliphatic carbocycles. The fraction of sp³-hybridized carbons (Fsp3) is 0.381. The second kappa shape index (κ2) is 8.85. The van der Waals surface area contributed by atoms with Gasteiger partial charge in [-0.05, 0) is 38.3 Å². The summed E-state index contributed by atoms with van der Waals surface area (Å²) in [7, 11) is 0. The van der Waals surface area contributed by atoms with Crippen LogP contribution in [0.3, 0.4) is 0 Å². The van der Waals surface area contributed by atoms with Crippen molar-refractivity contribution in [3.05, 3.63) is 52.7 Å². The summed E-state index contributed by atoms with van der Waals surface area (Å²) in [5, 5.41) is 4.88. The third-order valence-electron chi connectivity index (χ3n) is 4.87. The van der Waals surface area contributed by atoms with E-state index in [1.165, 1.54) is 27.8 Å². The van der Waals surface area contributed by atoms with Gasteiger partial charge in [-0.1, -0.05) is 49.0 Å². The summed E-state index contributed by atoms with van der Waals surface area (Å²) in [6, 6.07) is 10.4. The number of benzene rings is 1. The first-order valence-electron chi connectivity index (χ1n) is 9.21. The molecular formula is C21H25N3OS2. The molecule has 3 rings (SSSR count). The van der Waals surface area contributed by atoms with E-state index in [1.54, 1.807) is 17.7 Å². The lowest BCUT2D eigenvalue weighted by molar-refractivity contribution is -0.120. The monoisotopic (exact) mass is 399 g/mol. The molecule has 3 aromatic rings. The normalized spacial score (nSPS) is 13.5. The molecule has 4 nitrogen and oxygen atoms in total. The molecule has 0 saturated carbocycles. The average molecular weight is 400 g/mol. The van der Waals surface area contributed by atoms with Crippen LogP contribution in [0.2, 0.25) is 0 Å². The second-order valence-corrected chi connectivity index (χ2v) is 9.20. The van der Waals surface area contributed by atoms with Crippen molar-refractivity contribution in [1.82, 2.24) is 15.3 Å². The van der Waals surface area contributed by atoms with Crippen LogP contribution in [0.5, 0.6) is 0 Å². The smallest absolute Gasteiger partial charge is 0.233 e. The Kier molecular flexibility index (Phi) is 6.50. The van der Waals surface area contributed by atoms with Crippen LogP contribution in [-0.2, 0) is 4.79 Å². The van der Waals surface area contributed by atoms with Crippen LogP contribution >= 0.6 is 23.1 Å². The van der Waals surface area contributed by atoms with E-state index >= 15 is 0 Å². The molecule has 2 atom stereocenters. The number of carbonyl (C=O) groups is 1. The Morgan fingerprint density at radius 3 is 2.67 bits per heavy atom. The zero-order valence-corrected chi connectivity index (χ0v) is 17.8. The number of hydrogen-bond acceptors (Lipinski definition) is 5. The van der Waals surface area contributed by atoms with Gasteiger partial charge in [-0.2, -0.15) is 0 Å². The lowest BCUT2D eigenvalue weighted by atomic mass is 9.96. The van der Waals surface area contributed by atoms with E-state index in [2.05, 4.69) is 48.2 Å². The zero-order valence-electron chi connectivity index (χ0n) is 16.2. The number of amides is 1. The number of aromatic nitrogens is 2. The van der Waals surface area contributed by atoms with Crippen molar-refractivity contribution in [1.29, 1.82) is 0 Å². The van der Waals surface area contributed by atoms with E-state index in [1.807, 2.05) is 25.1 Å².